The monoisotopic (exact) mass is 278 g/mol. The summed E-state index contributed by atoms with van der Waals surface area (Å²) in [5, 5.41) is 11.3. The fraction of sp³-hybridized carbons (Fsp3) is 0.214. The summed E-state index contributed by atoms with van der Waals surface area (Å²) < 4.78 is 10.3. The molecule has 1 N–H and O–H groups in total. The third-order valence-corrected chi connectivity index (χ3v) is 3.59. The van der Waals surface area contributed by atoms with Crippen molar-refractivity contribution in [1.29, 1.82) is 0 Å². The number of phenols is 1. The van der Waals surface area contributed by atoms with Crippen LogP contribution in [0.4, 0.5) is 0 Å². The van der Waals surface area contributed by atoms with Crippen molar-refractivity contribution in [2.45, 2.75) is 5.92 Å². The van der Waals surface area contributed by atoms with Gasteiger partial charge in [0.1, 0.15) is 24.0 Å². The summed E-state index contributed by atoms with van der Waals surface area (Å²) in [6.45, 7) is 0.177. The average Bonchev–Trinajstić information content (AvgIpc) is 2.92. The molecule has 1 aromatic carbocycles. The highest BCUT2D eigenvalue weighted by Gasteiger charge is 2.23. The van der Waals surface area contributed by atoms with E-state index in [-0.39, 0.29) is 18.3 Å². The Labute approximate surface area is 115 Å². The van der Waals surface area contributed by atoms with Gasteiger partial charge < -0.3 is 14.6 Å². The zero-order chi connectivity index (χ0) is 13.7. The molecular formula is C14H14O4S. The molecule has 0 bridgehead atoms. The summed E-state index contributed by atoms with van der Waals surface area (Å²) in [6.07, 6.45) is 0. The maximum Gasteiger partial charge on any atom is 0.317 e. The summed E-state index contributed by atoms with van der Waals surface area (Å²) in [5.41, 5.74) is 0. The molecule has 2 aromatic rings. The van der Waals surface area contributed by atoms with Gasteiger partial charge in [0, 0.05) is 10.9 Å². The van der Waals surface area contributed by atoms with Crippen LogP contribution in [0.5, 0.6) is 11.5 Å². The van der Waals surface area contributed by atoms with E-state index in [2.05, 4.69) is 0 Å². The van der Waals surface area contributed by atoms with Crippen LogP contribution >= 0.6 is 11.3 Å². The fourth-order valence-electron chi connectivity index (χ4n) is 1.65. The number of thiophene rings is 1. The van der Waals surface area contributed by atoms with Gasteiger partial charge in [0.15, 0.2) is 0 Å². The van der Waals surface area contributed by atoms with Gasteiger partial charge in [0.25, 0.3) is 0 Å². The second-order valence-electron chi connectivity index (χ2n) is 3.90. The lowest BCUT2D eigenvalue weighted by molar-refractivity contribution is -0.143. The molecule has 4 nitrogen and oxygen atoms in total. The van der Waals surface area contributed by atoms with Crippen LogP contribution in [-0.4, -0.2) is 24.8 Å². The van der Waals surface area contributed by atoms with Crippen LogP contribution in [0.2, 0.25) is 0 Å². The third kappa shape index (κ3) is 3.48. The molecule has 100 valence electrons. The van der Waals surface area contributed by atoms with E-state index in [0.717, 1.165) is 4.88 Å². The predicted molar refractivity (Wildman–Crippen MR) is 72.7 cm³/mol. The first kappa shape index (κ1) is 13.4. The minimum atomic E-state index is -0.452. The van der Waals surface area contributed by atoms with E-state index < -0.39 is 5.92 Å². The molecule has 0 saturated heterocycles. The van der Waals surface area contributed by atoms with Crippen molar-refractivity contribution in [1.82, 2.24) is 0 Å². The number of aromatic hydroxyl groups is 1. The number of methoxy groups -OCH3 is 1. The molecule has 0 radical (unpaired) electrons. The molecule has 1 heterocycles. The van der Waals surface area contributed by atoms with E-state index in [9.17, 15) is 9.90 Å². The van der Waals surface area contributed by atoms with Crippen molar-refractivity contribution in [3.8, 4) is 11.5 Å². The van der Waals surface area contributed by atoms with E-state index in [1.165, 1.54) is 24.5 Å². The Hall–Kier alpha value is -2.01. The Morgan fingerprint density at radius 1 is 1.37 bits per heavy atom. The van der Waals surface area contributed by atoms with E-state index in [1.807, 2.05) is 17.5 Å². The number of ether oxygens (including phenoxy) is 2. The molecule has 1 aromatic heterocycles. The quantitative estimate of drug-likeness (QED) is 0.854. The Morgan fingerprint density at radius 2 is 2.21 bits per heavy atom. The summed E-state index contributed by atoms with van der Waals surface area (Å²) >= 11 is 1.48. The number of carbonyl (C=O) groups is 1. The van der Waals surface area contributed by atoms with Gasteiger partial charge >= 0.3 is 5.97 Å². The highest BCUT2D eigenvalue weighted by atomic mass is 32.1. The number of phenolic OH excluding ortho intramolecular Hbond substituents is 1. The Bertz CT molecular complexity index is 536. The van der Waals surface area contributed by atoms with Crippen molar-refractivity contribution in [3.63, 3.8) is 0 Å². The van der Waals surface area contributed by atoms with Gasteiger partial charge in [-0.3, -0.25) is 4.79 Å². The minimum absolute atomic E-state index is 0.128. The Balaban J connectivity index is 2.07. The number of rotatable bonds is 5. The molecule has 0 aliphatic heterocycles. The number of benzene rings is 1. The molecule has 0 aliphatic carbocycles. The summed E-state index contributed by atoms with van der Waals surface area (Å²) in [7, 11) is 1.36. The molecule has 1 unspecified atom stereocenters. The first-order chi connectivity index (χ1) is 9.20. The van der Waals surface area contributed by atoms with Crippen molar-refractivity contribution < 1.29 is 19.4 Å². The number of esters is 1. The zero-order valence-corrected chi connectivity index (χ0v) is 11.2. The van der Waals surface area contributed by atoms with Gasteiger partial charge in [-0.25, -0.2) is 0 Å². The van der Waals surface area contributed by atoms with E-state index in [0.29, 0.717) is 5.75 Å². The van der Waals surface area contributed by atoms with Gasteiger partial charge in [0.05, 0.1) is 7.11 Å². The molecule has 0 aliphatic rings. The highest BCUT2D eigenvalue weighted by Crippen LogP contribution is 2.25. The zero-order valence-electron chi connectivity index (χ0n) is 10.4. The largest absolute Gasteiger partial charge is 0.508 e. The molecule has 0 saturated carbocycles. The molecule has 19 heavy (non-hydrogen) atoms. The van der Waals surface area contributed by atoms with Crippen molar-refractivity contribution in [2.75, 3.05) is 13.7 Å². The standard InChI is InChI=1S/C14H14O4S/c1-17-14(16)12(13-6-3-7-19-13)9-18-11-5-2-4-10(15)8-11/h2-8,12,15H,9H2,1H3. The normalized spacial score (nSPS) is 11.8. The topological polar surface area (TPSA) is 55.8 Å². The average molecular weight is 278 g/mol. The van der Waals surface area contributed by atoms with Crippen LogP contribution in [0.15, 0.2) is 41.8 Å². The van der Waals surface area contributed by atoms with Crippen LogP contribution in [-0.2, 0) is 9.53 Å². The van der Waals surface area contributed by atoms with Crippen molar-refractivity contribution in [2.24, 2.45) is 0 Å². The minimum Gasteiger partial charge on any atom is -0.508 e. The van der Waals surface area contributed by atoms with Crippen LogP contribution in [0, 0.1) is 0 Å². The molecular weight excluding hydrogens is 264 g/mol. The van der Waals surface area contributed by atoms with E-state index in [4.69, 9.17) is 9.47 Å². The maximum absolute atomic E-state index is 11.8. The SMILES string of the molecule is COC(=O)C(COc1cccc(O)c1)c1cccs1. The molecule has 1 atom stereocenters. The van der Waals surface area contributed by atoms with Crippen LogP contribution in [0.3, 0.4) is 0 Å². The van der Waals surface area contributed by atoms with Crippen LogP contribution in [0.25, 0.3) is 0 Å². The lowest BCUT2D eigenvalue weighted by Gasteiger charge is -2.14. The van der Waals surface area contributed by atoms with E-state index in [1.54, 1.807) is 18.2 Å². The van der Waals surface area contributed by atoms with Gasteiger partial charge in [-0.05, 0) is 23.6 Å². The summed E-state index contributed by atoms with van der Waals surface area (Å²) in [5.74, 6) is -0.136. The van der Waals surface area contributed by atoms with E-state index >= 15 is 0 Å². The predicted octanol–water partition coefficient (Wildman–Crippen LogP) is 2.79. The van der Waals surface area contributed by atoms with Crippen LogP contribution < -0.4 is 4.74 Å². The van der Waals surface area contributed by atoms with Crippen molar-refractivity contribution >= 4 is 17.3 Å². The molecule has 0 spiro atoms. The molecule has 5 heteroatoms. The lowest BCUT2D eigenvalue weighted by Crippen LogP contribution is -2.20. The van der Waals surface area contributed by atoms with Gasteiger partial charge in [-0.2, -0.15) is 0 Å². The Morgan fingerprint density at radius 3 is 2.84 bits per heavy atom. The number of hydrogen-bond acceptors (Lipinski definition) is 5. The molecule has 2 rings (SSSR count). The van der Waals surface area contributed by atoms with Crippen molar-refractivity contribution in [3.05, 3.63) is 46.7 Å². The van der Waals surface area contributed by atoms with Gasteiger partial charge in [0.2, 0.25) is 0 Å². The second-order valence-corrected chi connectivity index (χ2v) is 4.88. The lowest BCUT2D eigenvalue weighted by atomic mass is 10.1. The number of carbonyl (C=O) groups excluding carboxylic acids is 1. The smallest absolute Gasteiger partial charge is 0.317 e. The van der Waals surface area contributed by atoms with Gasteiger partial charge in [-0.15, -0.1) is 11.3 Å². The first-order valence-electron chi connectivity index (χ1n) is 5.74. The summed E-state index contributed by atoms with van der Waals surface area (Å²) in [4.78, 5) is 12.6. The summed E-state index contributed by atoms with van der Waals surface area (Å²) in [6, 6.07) is 10.2. The van der Waals surface area contributed by atoms with Gasteiger partial charge in [-0.1, -0.05) is 12.1 Å². The first-order valence-corrected chi connectivity index (χ1v) is 6.61. The maximum atomic E-state index is 11.8. The highest BCUT2D eigenvalue weighted by molar-refractivity contribution is 7.10. The van der Waals surface area contributed by atoms with Crippen LogP contribution in [0.1, 0.15) is 10.8 Å². The molecule has 0 fully saturated rings. The number of hydrogen-bond donors (Lipinski definition) is 1. The fourth-order valence-corrected chi connectivity index (χ4v) is 2.45. The second kappa shape index (κ2) is 6.24. The third-order valence-electron chi connectivity index (χ3n) is 2.61. The Kier molecular flexibility index (Phi) is 4.41. The molecule has 0 amide bonds.